The van der Waals surface area contributed by atoms with Gasteiger partial charge in [0, 0.05) is 12.4 Å². The van der Waals surface area contributed by atoms with Gasteiger partial charge in [0.15, 0.2) is 0 Å². The van der Waals surface area contributed by atoms with E-state index in [2.05, 4.69) is 4.98 Å². The SMILES string of the molecule is COC(=O)c1cnccc1-c1ccc(C)cc1. The summed E-state index contributed by atoms with van der Waals surface area (Å²) in [5.74, 6) is -0.367. The number of pyridine rings is 1. The molecule has 0 aliphatic rings. The molecule has 0 saturated carbocycles. The molecule has 0 bridgehead atoms. The van der Waals surface area contributed by atoms with Crippen LogP contribution in [0.2, 0.25) is 0 Å². The van der Waals surface area contributed by atoms with E-state index >= 15 is 0 Å². The summed E-state index contributed by atoms with van der Waals surface area (Å²) in [5, 5.41) is 0. The van der Waals surface area contributed by atoms with Gasteiger partial charge in [-0.15, -0.1) is 0 Å². The van der Waals surface area contributed by atoms with Gasteiger partial charge in [0.2, 0.25) is 0 Å². The zero-order valence-electron chi connectivity index (χ0n) is 9.81. The van der Waals surface area contributed by atoms with Gasteiger partial charge in [-0.05, 0) is 24.1 Å². The van der Waals surface area contributed by atoms with Crippen LogP contribution in [0.25, 0.3) is 11.1 Å². The van der Waals surface area contributed by atoms with Crippen LogP contribution in [0.1, 0.15) is 15.9 Å². The number of nitrogens with zero attached hydrogens (tertiary/aromatic N) is 1. The molecular formula is C14H13NO2. The first-order valence-corrected chi connectivity index (χ1v) is 5.31. The van der Waals surface area contributed by atoms with Gasteiger partial charge in [0.25, 0.3) is 0 Å². The average Bonchev–Trinajstić information content (AvgIpc) is 2.39. The molecule has 0 amide bonds. The highest BCUT2D eigenvalue weighted by atomic mass is 16.5. The van der Waals surface area contributed by atoms with E-state index in [0.717, 1.165) is 11.1 Å². The Balaban J connectivity index is 2.51. The van der Waals surface area contributed by atoms with Gasteiger partial charge in [-0.1, -0.05) is 29.8 Å². The normalized spacial score (nSPS) is 10.0. The number of hydrogen-bond donors (Lipinski definition) is 0. The lowest BCUT2D eigenvalue weighted by Gasteiger charge is -2.07. The summed E-state index contributed by atoms with van der Waals surface area (Å²) in [7, 11) is 1.37. The van der Waals surface area contributed by atoms with Crippen LogP contribution < -0.4 is 0 Å². The maximum atomic E-state index is 11.6. The lowest BCUT2D eigenvalue weighted by Crippen LogP contribution is -2.04. The molecule has 0 atom stereocenters. The molecule has 86 valence electrons. The molecule has 17 heavy (non-hydrogen) atoms. The molecule has 2 aromatic rings. The summed E-state index contributed by atoms with van der Waals surface area (Å²) >= 11 is 0. The van der Waals surface area contributed by atoms with E-state index in [1.165, 1.54) is 18.9 Å². The highest BCUT2D eigenvalue weighted by Gasteiger charge is 2.12. The predicted molar refractivity (Wildman–Crippen MR) is 65.7 cm³/mol. The van der Waals surface area contributed by atoms with Crippen LogP contribution in [-0.4, -0.2) is 18.1 Å². The van der Waals surface area contributed by atoms with Gasteiger partial charge in [-0.25, -0.2) is 4.79 Å². The van der Waals surface area contributed by atoms with Crippen LogP contribution in [0.3, 0.4) is 0 Å². The molecule has 1 aromatic carbocycles. The maximum absolute atomic E-state index is 11.6. The molecule has 1 aromatic heterocycles. The first-order chi connectivity index (χ1) is 8.22. The van der Waals surface area contributed by atoms with E-state index in [0.29, 0.717) is 5.56 Å². The zero-order chi connectivity index (χ0) is 12.3. The molecule has 3 heteroatoms. The van der Waals surface area contributed by atoms with Crippen molar-refractivity contribution in [3.05, 3.63) is 53.9 Å². The first-order valence-electron chi connectivity index (χ1n) is 5.31. The standard InChI is InChI=1S/C14H13NO2/c1-10-3-5-11(6-4-10)12-7-8-15-9-13(12)14(16)17-2/h3-9H,1-2H3. The minimum absolute atomic E-state index is 0.367. The van der Waals surface area contributed by atoms with Crippen LogP contribution >= 0.6 is 0 Å². The molecule has 0 spiro atoms. The van der Waals surface area contributed by atoms with E-state index in [9.17, 15) is 4.79 Å². The molecule has 0 aliphatic heterocycles. The summed E-state index contributed by atoms with van der Waals surface area (Å²) in [4.78, 5) is 15.6. The van der Waals surface area contributed by atoms with Crippen molar-refractivity contribution in [3.63, 3.8) is 0 Å². The number of carbonyl (C=O) groups excluding carboxylic acids is 1. The molecule has 0 N–H and O–H groups in total. The monoisotopic (exact) mass is 227 g/mol. The number of aromatic nitrogens is 1. The van der Waals surface area contributed by atoms with Crippen LogP contribution in [-0.2, 0) is 4.74 Å². The highest BCUT2D eigenvalue weighted by Crippen LogP contribution is 2.23. The Morgan fingerprint density at radius 3 is 2.53 bits per heavy atom. The van der Waals surface area contributed by atoms with E-state index < -0.39 is 0 Å². The lowest BCUT2D eigenvalue weighted by molar-refractivity contribution is 0.0601. The summed E-state index contributed by atoms with van der Waals surface area (Å²) in [5.41, 5.74) is 3.49. The van der Waals surface area contributed by atoms with Crippen molar-refractivity contribution in [2.24, 2.45) is 0 Å². The summed E-state index contributed by atoms with van der Waals surface area (Å²) in [6.45, 7) is 2.03. The smallest absolute Gasteiger partial charge is 0.340 e. The Labute approximate surface area is 100 Å². The second-order valence-electron chi connectivity index (χ2n) is 3.78. The average molecular weight is 227 g/mol. The third-order valence-corrected chi connectivity index (χ3v) is 2.59. The number of hydrogen-bond acceptors (Lipinski definition) is 3. The van der Waals surface area contributed by atoms with Crippen LogP contribution in [0, 0.1) is 6.92 Å². The van der Waals surface area contributed by atoms with Crippen molar-refractivity contribution >= 4 is 5.97 Å². The number of esters is 1. The van der Waals surface area contributed by atoms with Gasteiger partial charge in [-0.2, -0.15) is 0 Å². The minimum Gasteiger partial charge on any atom is -0.465 e. The van der Waals surface area contributed by atoms with Gasteiger partial charge in [-0.3, -0.25) is 4.98 Å². The van der Waals surface area contributed by atoms with E-state index in [-0.39, 0.29) is 5.97 Å². The Hall–Kier alpha value is -2.16. The third-order valence-electron chi connectivity index (χ3n) is 2.59. The number of carbonyl (C=O) groups is 1. The van der Waals surface area contributed by atoms with Gasteiger partial charge >= 0.3 is 5.97 Å². The summed E-state index contributed by atoms with van der Waals surface area (Å²) < 4.78 is 4.74. The maximum Gasteiger partial charge on any atom is 0.340 e. The van der Waals surface area contributed by atoms with Crippen molar-refractivity contribution < 1.29 is 9.53 Å². The van der Waals surface area contributed by atoms with Crippen LogP contribution in [0.4, 0.5) is 0 Å². The number of methoxy groups -OCH3 is 1. The fourth-order valence-electron chi connectivity index (χ4n) is 1.65. The van der Waals surface area contributed by atoms with Gasteiger partial charge in [0.1, 0.15) is 0 Å². The second kappa shape index (κ2) is 4.78. The predicted octanol–water partition coefficient (Wildman–Crippen LogP) is 2.84. The Bertz CT molecular complexity index is 532. The largest absolute Gasteiger partial charge is 0.465 e. The van der Waals surface area contributed by atoms with Crippen molar-refractivity contribution in [3.8, 4) is 11.1 Å². The summed E-state index contributed by atoms with van der Waals surface area (Å²) in [6.07, 6.45) is 3.20. The molecule has 0 unspecified atom stereocenters. The lowest BCUT2D eigenvalue weighted by atomic mass is 10.0. The molecule has 0 saturated heterocycles. The highest BCUT2D eigenvalue weighted by molar-refractivity contribution is 5.96. The van der Waals surface area contributed by atoms with Crippen LogP contribution in [0.15, 0.2) is 42.7 Å². The Kier molecular flexibility index (Phi) is 3.19. The van der Waals surface area contributed by atoms with E-state index in [1.54, 1.807) is 6.20 Å². The van der Waals surface area contributed by atoms with Gasteiger partial charge < -0.3 is 4.74 Å². The molecule has 1 heterocycles. The molecule has 0 radical (unpaired) electrons. The van der Waals surface area contributed by atoms with Crippen molar-refractivity contribution in [2.75, 3.05) is 7.11 Å². The number of ether oxygens (including phenoxy) is 1. The van der Waals surface area contributed by atoms with Gasteiger partial charge in [0.05, 0.1) is 12.7 Å². The minimum atomic E-state index is -0.367. The molecule has 0 fully saturated rings. The van der Waals surface area contributed by atoms with Crippen molar-refractivity contribution in [2.45, 2.75) is 6.92 Å². The number of rotatable bonds is 2. The zero-order valence-corrected chi connectivity index (χ0v) is 9.81. The first kappa shape index (κ1) is 11.3. The fourth-order valence-corrected chi connectivity index (χ4v) is 1.65. The third kappa shape index (κ3) is 2.33. The quantitative estimate of drug-likeness (QED) is 0.740. The second-order valence-corrected chi connectivity index (χ2v) is 3.78. The fraction of sp³-hybridized carbons (Fsp3) is 0.143. The molecular weight excluding hydrogens is 214 g/mol. The van der Waals surface area contributed by atoms with Crippen LogP contribution in [0.5, 0.6) is 0 Å². The van der Waals surface area contributed by atoms with Crippen molar-refractivity contribution in [1.29, 1.82) is 0 Å². The molecule has 0 aliphatic carbocycles. The Morgan fingerprint density at radius 2 is 1.88 bits per heavy atom. The molecule has 3 nitrogen and oxygen atoms in total. The summed E-state index contributed by atoms with van der Waals surface area (Å²) in [6, 6.07) is 9.80. The van der Waals surface area contributed by atoms with E-state index in [4.69, 9.17) is 4.74 Å². The number of benzene rings is 1. The topological polar surface area (TPSA) is 39.2 Å². The Morgan fingerprint density at radius 1 is 1.18 bits per heavy atom. The number of aryl methyl sites for hydroxylation is 1. The van der Waals surface area contributed by atoms with E-state index in [1.807, 2.05) is 37.3 Å². The van der Waals surface area contributed by atoms with Crippen molar-refractivity contribution in [1.82, 2.24) is 4.98 Å². The molecule has 2 rings (SSSR count).